The highest BCUT2D eigenvalue weighted by atomic mass is 79.9. The second kappa shape index (κ2) is 6.48. The van der Waals surface area contributed by atoms with E-state index < -0.39 is 0 Å². The first-order valence-electron chi connectivity index (χ1n) is 5.28. The lowest BCUT2D eigenvalue weighted by atomic mass is 10.3. The fourth-order valence-electron chi connectivity index (χ4n) is 1.39. The lowest BCUT2D eigenvalue weighted by molar-refractivity contribution is -0.113. The minimum Gasteiger partial charge on any atom is -0.357 e. The van der Waals surface area contributed by atoms with Crippen LogP contribution in [0, 0.1) is 0 Å². The van der Waals surface area contributed by atoms with Crippen molar-refractivity contribution in [1.82, 2.24) is 4.98 Å². The first kappa shape index (κ1) is 13.0. The highest BCUT2D eigenvalue weighted by molar-refractivity contribution is 9.09. The molecule has 0 spiro atoms. The first-order valence-corrected chi connectivity index (χ1v) is 6.40. The molecule has 88 valence electrons. The van der Waals surface area contributed by atoms with Crippen LogP contribution in [0.3, 0.4) is 0 Å². The molecule has 4 nitrogen and oxygen atoms in total. The number of aromatic nitrogens is 1. The van der Waals surface area contributed by atoms with Crippen molar-refractivity contribution >= 4 is 33.3 Å². The van der Waals surface area contributed by atoms with E-state index in [1.807, 2.05) is 12.1 Å². The lowest BCUT2D eigenvalue weighted by Crippen LogP contribution is -2.22. The van der Waals surface area contributed by atoms with E-state index >= 15 is 0 Å². The summed E-state index contributed by atoms with van der Waals surface area (Å²) in [5, 5.41) is 3.02. The molecule has 1 aromatic heterocycles. The Morgan fingerprint density at radius 3 is 2.56 bits per heavy atom. The number of alkyl halides is 1. The highest BCUT2D eigenvalue weighted by Crippen LogP contribution is 2.13. The van der Waals surface area contributed by atoms with E-state index in [0.717, 1.165) is 24.6 Å². The van der Waals surface area contributed by atoms with Crippen molar-refractivity contribution in [2.45, 2.75) is 13.8 Å². The molecule has 1 rings (SSSR count). The van der Waals surface area contributed by atoms with Gasteiger partial charge in [0.15, 0.2) is 0 Å². The smallest absolute Gasteiger partial charge is 0.235 e. The number of pyridine rings is 1. The maximum atomic E-state index is 11.1. The molecular weight excluding hydrogens is 270 g/mol. The van der Waals surface area contributed by atoms with Crippen molar-refractivity contribution in [3.8, 4) is 0 Å². The molecule has 0 fully saturated rings. The SMILES string of the molecule is CCN(CC)c1ccc(NC(=O)CBr)cn1. The number of nitrogens with zero attached hydrogens (tertiary/aromatic N) is 2. The summed E-state index contributed by atoms with van der Waals surface area (Å²) >= 11 is 3.09. The molecule has 0 aliphatic rings. The second-order valence-electron chi connectivity index (χ2n) is 3.26. The Morgan fingerprint density at radius 2 is 2.12 bits per heavy atom. The lowest BCUT2D eigenvalue weighted by Gasteiger charge is -2.19. The van der Waals surface area contributed by atoms with Crippen LogP contribution in [-0.2, 0) is 4.79 Å². The number of hydrogen-bond acceptors (Lipinski definition) is 3. The molecule has 0 atom stereocenters. The van der Waals surface area contributed by atoms with E-state index in [1.54, 1.807) is 6.20 Å². The van der Waals surface area contributed by atoms with Gasteiger partial charge in [-0.15, -0.1) is 0 Å². The van der Waals surface area contributed by atoms with Crippen LogP contribution in [0.5, 0.6) is 0 Å². The molecule has 0 saturated carbocycles. The van der Waals surface area contributed by atoms with Crippen molar-refractivity contribution in [2.24, 2.45) is 0 Å². The summed E-state index contributed by atoms with van der Waals surface area (Å²) in [7, 11) is 0. The monoisotopic (exact) mass is 285 g/mol. The molecule has 1 aromatic rings. The van der Waals surface area contributed by atoms with Crippen LogP contribution in [0.2, 0.25) is 0 Å². The maximum absolute atomic E-state index is 11.1. The van der Waals surface area contributed by atoms with Crippen LogP contribution in [0.25, 0.3) is 0 Å². The van der Waals surface area contributed by atoms with Crippen LogP contribution in [0.1, 0.15) is 13.8 Å². The largest absolute Gasteiger partial charge is 0.357 e. The minimum atomic E-state index is -0.0719. The average Bonchev–Trinajstić information content (AvgIpc) is 2.32. The van der Waals surface area contributed by atoms with Crippen LogP contribution < -0.4 is 10.2 Å². The van der Waals surface area contributed by atoms with Gasteiger partial charge >= 0.3 is 0 Å². The highest BCUT2D eigenvalue weighted by Gasteiger charge is 2.04. The Labute approximate surface area is 104 Å². The number of anilines is 2. The zero-order chi connectivity index (χ0) is 12.0. The fourth-order valence-corrected chi connectivity index (χ4v) is 1.53. The van der Waals surface area contributed by atoms with Gasteiger partial charge in [-0.2, -0.15) is 0 Å². The summed E-state index contributed by atoms with van der Waals surface area (Å²) in [6.07, 6.45) is 1.67. The second-order valence-corrected chi connectivity index (χ2v) is 3.82. The van der Waals surface area contributed by atoms with Crippen molar-refractivity contribution in [3.05, 3.63) is 18.3 Å². The van der Waals surface area contributed by atoms with Gasteiger partial charge in [-0.05, 0) is 26.0 Å². The van der Waals surface area contributed by atoms with Crippen LogP contribution in [0.4, 0.5) is 11.5 Å². The van der Waals surface area contributed by atoms with Crippen molar-refractivity contribution < 1.29 is 4.79 Å². The van der Waals surface area contributed by atoms with E-state index in [-0.39, 0.29) is 5.91 Å². The predicted octanol–water partition coefficient (Wildman–Crippen LogP) is 2.26. The number of hydrogen-bond donors (Lipinski definition) is 1. The number of carbonyl (C=O) groups excluding carboxylic acids is 1. The standard InChI is InChI=1S/C11H16BrN3O/c1-3-15(4-2)10-6-5-9(8-13-10)14-11(16)7-12/h5-6,8H,3-4,7H2,1-2H3,(H,14,16). The molecule has 0 radical (unpaired) electrons. The van der Waals surface area contributed by atoms with Crippen molar-refractivity contribution in [2.75, 3.05) is 28.6 Å². The Bertz CT molecular complexity index is 336. The summed E-state index contributed by atoms with van der Waals surface area (Å²) in [6.45, 7) is 6.03. The van der Waals surface area contributed by atoms with Gasteiger partial charge in [0.1, 0.15) is 5.82 Å². The number of rotatable bonds is 5. The van der Waals surface area contributed by atoms with E-state index in [1.165, 1.54) is 0 Å². The zero-order valence-electron chi connectivity index (χ0n) is 9.53. The third-order valence-corrected chi connectivity index (χ3v) is 2.75. The molecule has 5 heteroatoms. The Kier molecular flexibility index (Phi) is 5.25. The normalized spacial score (nSPS) is 9.94. The van der Waals surface area contributed by atoms with E-state index in [9.17, 15) is 4.79 Å². The summed E-state index contributed by atoms with van der Waals surface area (Å²) < 4.78 is 0. The quantitative estimate of drug-likeness (QED) is 0.844. The zero-order valence-corrected chi connectivity index (χ0v) is 11.1. The van der Waals surface area contributed by atoms with Gasteiger partial charge in [-0.25, -0.2) is 4.98 Å². The Balaban J connectivity index is 2.70. The van der Waals surface area contributed by atoms with Crippen molar-refractivity contribution in [1.29, 1.82) is 0 Å². The maximum Gasteiger partial charge on any atom is 0.235 e. The molecule has 0 aliphatic carbocycles. The Hall–Kier alpha value is -1.10. The van der Waals surface area contributed by atoms with Gasteiger partial charge in [0.25, 0.3) is 0 Å². The first-order chi connectivity index (χ1) is 7.71. The van der Waals surface area contributed by atoms with Gasteiger partial charge < -0.3 is 10.2 Å². The molecule has 0 saturated heterocycles. The average molecular weight is 286 g/mol. The number of halogens is 1. The van der Waals surface area contributed by atoms with E-state index in [0.29, 0.717) is 5.33 Å². The molecule has 0 aromatic carbocycles. The summed E-state index contributed by atoms with van der Waals surface area (Å²) in [6, 6.07) is 3.78. The molecule has 1 amide bonds. The summed E-state index contributed by atoms with van der Waals surface area (Å²) in [5.74, 6) is 0.860. The molecule has 16 heavy (non-hydrogen) atoms. The molecule has 1 heterocycles. The third kappa shape index (κ3) is 3.48. The topological polar surface area (TPSA) is 45.2 Å². The molecular formula is C11H16BrN3O. The molecule has 0 aliphatic heterocycles. The Morgan fingerprint density at radius 1 is 1.44 bits per heavy atom. The van der Waals surface area contributed by atoms with Crippen LogP contribution >= 0.6 is 15.9 Å². The molecule has 0 bridgehead atoms. The van der Waals surface area contributed by atoms with Gasteiger partial charge in [-0.1, -0.05) is 15.9 Å². The van der Waals surface area contributed by atoms with E-state index in [4.69, 9.17) is 0 Å². The number of nitrogens with one attached hydrogen (secondary N) is 1. The van der Waals surface area contributed by atoms with Crippen LogP contribution in [-0.4, -0.2) is 29.3 Å². The minimum absolute atomic E-state index is 0.0719. The third-order valence-electron chi connectivity index (χ3n) is 2.24. The van der Waals surface area contributed by atoms with Crippen LogP contribution in [0.15, 0.2) is 18.3 Å². The number of carbonyl (C=O) groups is 1. The fraction of sp³-hybridized carbons (Fsp3) is 0.455. The van der Waals surface area contributed by atoms with Gasteiger partial charge in [0, 0.05) is 13.1 Å². The number of amides is 1. The summed E-state index contributed by atoms with van der Waals surface area (Å²) in [4.78, 5) is 17.6. The van der Waals surface area contributed by atoms with Gasteiger partial charge in [0.05, 0.1) is 17.2 Å². The predicted molar refractivity (Wildman–Crippen MR) is 70.2 cm³/mol. The van der Waals surface area contributed by atoms with E-state index in [2.05, 4.69) is 45.0 Å². The van der Waals surface area contributed by atoms with Gasteiger partial charge in [-0.3, -0.25) is 4.79 Å². The van der Waals surface area contributed by atoms with Gasteiger partial charge in [0.2, 0.25) is 5.91 Å². The van der Waals surface area contributed by atoms with Crippen molar-refractivity contribution in [3.63, 3.8) is 0 Å². The summed E-state index contributed by atoms with van der Waals surface area (Å²) in [5.41, 5.74) is 0.723. The molecule has 1 N–H and O–H groups in total. The molecule has 0 unspecified atom stereocenters.